The number of epoxide rings is 1. The Kier molecular flexibility index (Phi) is 2.06. The highest BCUT2D eigenvalue weighted by Crippen LogP contribution is 2.57. The molecule has 2 heteroatoms. The molecule has 0 N–H and O–H groups in total. The zero-order valence-electron chi connectivity index (χ0n) is 10.6. The molecule has 96 valence electrons. The van der Waals surface area contributed by atoms with Crippen molar-refractivity contribution in [1.29, 1.82) is 0 Å². The molecule has 1 heterocycles. The SMILES string of the molecule is BrC1=CC2OC2C2=C1c1cc(-c3ccccc3)ccc12. The first-order valence-electron chi connectivity index (χ1n) is 6.80. The summed E-state index contributed by atoms with van der Waals surface area (Å²) < 4.78 is 6.87. The van der Waals surface area contributed by atoms with Crippen molar-refractivity contribution in [3.8, 4) is 11.1 Å². The van der Waals surface area contributed by atoms with Crippen LogP contribution >= 0.6 is 15.9 Å². The Labute approximate surface area is 125 Å². The van der Waals surface area contributed by atoms with Gasteiger partial charge in [0.1, 0.15) is 12.2 Å². The van der Waals surface area contributed by atoms with Gasteiger partial charge in [0.15, 0.2) is 0 Å². The molecule has 0 aromatic heterocycles. The molecule has 0 radical (unpaired) electrons. The van der Waals surface area contributed by atoms with Gasteiger partial charge >= 0.3 is 0 Å². The van der Waals surface area contributed by atoms with Crippen molar-refractivity contribution in [2.75, 3.05) is 0 Å². The molecule has 1 nitrogen and oxygen atoms in total. The summed E-state index contributed by atoms with van der Waals surface area (Å²) in [5, 5.41) is 0. The average Bonchev–Trinajstić information content (AvgIpc) is 3.20. The van der Waals surface area contributed by atoms with Gasteiger partial charge in [0.2, 0.25) is 0 Å². The van der Waals surface area contributed by atoms with Crippen LogP contribution in [0.5, 0.6) is 0 Å². The van der Waals surface area contributed by atoms with Crippen molar-refractivity contribution >= 4 is 27.1 Å². The lowest BCUT2D eigenvalue weighted by molar-refractivity contribution is 0.418. The van der Waals surface area contributed by atoms with Crippen LogP contribution < -0.4 is 0 Å². The number of rotatable bonds is 1. The van der Waals surface area contributed by atoms with Crippen LogP contribution in [0.2, 0.25) is 0 Å². The Hall–Kier alpha value is -1.64. The molecular weight excluding hydrogens is 312 g/mol. The van der Waals surface area contributed by atoms with Gasteiger partial charge in [-0.3, -0.25) is 0 Å². The Morgan fingerprint density at radius 1 is 0.900 bits per heavy atom. The van der Waals surface area contributed by atoms with Crippen LogP contribution in [-0.2, 0) is 4.74 Å². The maximum atomic E-state index is 5.69. The van der Waals surface area contributed by atoms with Gasteiger partial charge in [0.05, 0.1) is 0 Å². The summed E-state index contributed by atoms with van der Waals surface area (Å²) in [7, 11) is 0. The van der Waals surface area contributed by atoms with Crippen molar-refractivity contribution in [3.05, 3.63) is 70.2 Å². The maximum Gasteiger partial charge on any atom is 0.114 e. The predicted octanol–water partition coefficient (Wildman–Crippen LogP) is 4.64. The van der Waals surface area contributed by atoms with E-state index in [4.69, 9.17) is 4.74 Å². The van der Waals surface area contributed by atoms with Crippen molar-refractivity contribution in [3.63, 3.8) is 0 Å². The summed E-state index contributed by atoms with van der Waals surface area (Å²) in [6.45, 7) is 0. The van der Waals surface area contributed by atoms with Crippen LogP contribution in [0.1, 0.15) is 11.1 Å². The molecule has 2 aromatic rings. The fourth-order valence-corrected chi connectivity index (χ4v) is 3.96. The molecule has 1 aliphatic heterocycles. The smallest absolute Gasteiger partial charge is 0.114 e. The fraction of sp³-hybridized carbons (Fsp3) is 0.111. The largest absolute Gasteiger partial charge is 0.360 e. The van der Waals surface area contributed by atoms with Gasteiger partial charge in [-0.2, -0.15) is 0 Å². The number of ether oxygens (including phenoxy) is 1. The molecule has 0 amide bonds. The van der Waals surface area contributed by atoms with E-state index in [1.165, 1.54) is 37.9 Å². The third kappa shape index (κ3) is 1.36. The van der Waals surface area contributed by atoms with E-state index in [1.54, 1.807) is 0 Å². The van der Waals surface area contributed by atoms with Crippen LogP contribution in [0.4, 0.5) is 0 Å². The lowest BCUT2D eigenvalue weighted by Crippen LogP contribution is -2.15. The number of allylic oxidation sites excluding steroid dienone is 2. The van der Waals surface area contributed by atoms with Gasteiger partial charge in [-0.15, -0.1) is 0 Å². The van der Waals surface area contributed by atoms with Crippen molar-refractivity contribution in [2.45, 2.75) is 12.2 Å². The lowest BCUT2D eigenvalue weighted by atomic mass is 9.75. The molecular formula is C18H11BrO. The standard InChI is InChI=1S/C18H11BrO/c19-14-9-15-18(20-15)17-12-7-6-11(8-13(12)16(14)17)10-4-2-1-3-5-10/h1-9,15,18H. The third-order valence-electron chi connectivity index (χ3n) is 4.32. The maximum absolute atomic E-state index is 5.69. The highest BCUT2D eigenvalue weighted by Gasteiger charge is 2.49. The molecule has 0 bridgehead atoms. The number of hydrogen-bond donors (Lipinski definition) is 0. The zero-order chi connectivity index (χ0) is 13.3. The molecule has 5 rings (SSSR count). The Bertz CT molecular complexity index is 801. The van der Waals surface area contributed by atoms with E-state index in [0.29, 0.717) is 12.2 Å². The fourth-order valence-electron chi connectivity index (χ4n) is 3.28. The van der Waals surface area contributed by atoms with E-state index in [1.807, 2.05) is 0 Å². The van der Waals surface area contributed by atoms with E-state index >= 15 is 0 Å². The molecule has 0 spiro atoms. The molecule has 2 aromatic carbocycles. The molecule has 3 aliphatic rings. The van der Waals surface area contributed by atoms with E-state index in [2.05, 4.69) is 70.5 Å². The molecule has 1 saturated heterocycles. The van der Waals surface area contributed by atoms with Crippen LogP contribution in [-0.4, -0.2) is 12.2 Å². The second-order valence-electron chi connectivity index (χ2n) is 5.45. The Morgan fingerprint density at radius 2 is 1.75 bits per heavy atom. The van der Waals surface area contributed by atoms with E-state index < -0.39 is 0 Å². The molecule has 1 fully saturated rings. The summed E-state index contributed by atoms with van der Waals surface area (Å²) >= 11 is 3.69. The van der Waals surface area contributed by atoms with Crippen LogP contribution in [0, 0.1) is 0 Å². The van der Waals surface area contributed by atoms with Crippen LogP contribution in [0.15, 0.2) is 59.1 Å². The predicted molar refractivity (Wildman–Crippen MR) is 84.4 cm³/mol. The van der Waals surface area contributed by atoms with Gasteiger partial charge in [0, 0.05) is 15.6 Å². The highest BCUT2D eigenvalue weighted by atomic mass is 79.9. The summed E-state index contributed by atoms with van der Waals surface area (Å²) in [5.74, 6) is 0. The van der Waals surface area contributed by atoms with Gasteiger partial charge < -0.3 is 4.74 Å². The monoisotopic (exact) mass is 322 g/mol. The minimum atomic E-state index is 0.296. The number of halogens is 1. The third-order valence-corrected chi connectivity index (χ3v) is 4.98. The summed E-state index contributed by atoms with van der Waals surface area (Å²) in [5.41, 5.74) is 7.97. The van der Waals surface area contributed by atoms with Crippen molar-refractivity contribution < 1.29 is 4.74 Å². The number of hydrogen-bond acceptors (Lipinski definition) is 1. The second-order valence-corrected chi connectivity index (χ2v) is 6.31. The normalized spacial score (nSPS) is 25.1. The Morgan fingerprint density at radius 3 is 2.60 bits per heavy atom. The first-order valence-corrected chi connectivity index (χ1v) is 7.60. The van der Waals surface area contributed by atoms with Gasteiger partial charge in [-0.1, -0.05) is 58.4 Å². The molecule has 2 unspecified atom stereocenters. The number of fused-ring (bicyclic) bond motifs is 5. The zero-order valence-corrected chi connectivity index (χ0v) is 12.2. The summed E-state index contributed by atoms with van der Waals surface area (Å²) in [6.07, 6.45) is 2.79. The van der Waals surface area contributed by atoms with Gasteiger partial charge in [-0.25, -0.2) is 0 Å². The topological polar surface area (TPSA) is 12.5 Å². The minimum Gasteiger partial charge on any atom is -0.360 e. The second kappa shape index (κ2) is 3.72. The number of benzene rings is 2. The summed E-state index contributed by atoms with van der Waals surface area (Å²) in [4.78, 5) is 0. The van der Waals surface area contributed by atoms with Crippen LogP contribution in [0.3, 0.4) is 0 Å². The molecule has 2 atom stereocenters. The first kappa shape index (κ1) is 11.1. The first-order chi connectivity index (χ1) is 9.83. The van der Waals surface area contributed by atoms with E-state index in [9.17, 15) is 0 Å². The van der Waals surface area contributed by atoms with E-state index in [-0.39, 0.29) is 0 Å². The van der Waals surface area contributed by atoms with Gasteiger partial charge in [0.25, 0.3) is 0 Å². The minimum absolute atomic E-state index is 0.296. The quantitative estimate of drug-likeness (QED) is 0.697. The van der Waals surface area contributed by atoms with Gasteiger partial charge in [-0.05, 0) is 34.4 Å². The molecule has 20 heavy (non-hydrogen) atoms. The van der Waals surface area contributed by atoms with E-state index in [0.717, 1.165) is 0 Å². The highest BCUT2D eigenvalue weighted by molar-refractivity contribution is 9.12. The molecule has 2 aliphatic carbocycles. The van der Waals surface area contributed by atoms with Crippen molar-refractivity contribution in [1.82, 2.24) is 0 Å². The Balaban J connectivity index is 1.64. The molecule has 0 saturated carbocycles. The summed E-state index contributed by atoms with van der Waals surface area (Å²) in [6, 6.07) is 17.3. The van der Waals surface area contributed by atoms with Crippen LogP contribution in [0.25, 0.3) is 22.3 Å². The van der Waals surface area contributed by atoms with Crippen molar-refractivity contribution in [2.24, 2.45) is 0 Å². The average molecular weight is 323 g/mol. The lowest BCUT2D eigenvalue weighted by Gasteiger charge is -2.29.